The molecule has 0 radical (unpaired) electrons. The van der Waals surface area contributed by atoms with Crippen LogP contribution in [0.2, 0.25) is 0 Å². The molecule has 1 heterocycles. The number of hydrogen-bond donors (Lipinski definition) is 2. The molecule has 4 heteroatoms. The van der Waals surface area contributed by atoms with Gasteiger partial charge in [0.05, 0.1) is 0 Å². The Hall–Kier alpha value is -1.65. The van der Waals surface area contributed by atoms with Crippen LogP contribution in [0.25, 0.3) is 0 Å². The van der Waals surface area contributed by atoms with Crippen LogP contribution in [0.4, 0.5) is 4.39 Å². The van der Waals surface area contributed by atoms with E-state index in [-0.39, 0.29) is 18.3 Å². The third-order valence-corrected chi connectivity index (χ3v) is 2.96. The molecule has 2 rings (SSSR count). The number of halogens is 1. The Labute approximate surface area is 105 Å². The Morgan fingerprint density at radius 2 is 2.11 bits per heavy atom. The van der Waals surface area contributed by atoms with E-state index in [0.717, 1.165) is 5.76 Å². The minimum Gasteiger partial charge on any atom is -0.464 e. The van der Waals surface area contributed by atoms with Crippen molar-refractivity contribution in [3.63, 3.8) is 0 Å². The van der Waals surface area contributed by atoms with E-state index < -0.39 is 6.10 Å². The van der Waals surface area contributed by atoms with E-state index in [2.05, 4.69) is 0 Å². The SMILES string of the molecule is Cc1ccc(C(O)C(CN)c2cccc(F)c2)o1. The molecule has 0 fully saturated rings. The van der Waals surface area contributed by atoms with Gasteiger partial charge in [-0.25, -0.2) is 4.39 Å². The first-order valence-corrected chi connectivity index (χ1v) is 5.81. The van der Waals surface area contributed by atoms with Crippen molar-refractivity contribution in [3.05, 3.63) is 59.3 Å². The molecule has 0 aliphatic rings. The van der Waals surface area contributed by atoms with E-state index in [1.54, 1.807) is 31.2 Å². The van der Waals surface area contributed by atoms with Gasteiger partial charge in [0, 0.05) is 12.5 Å². The van der Waals surface area contributed by atoms with Crippen LogP contribution in [0.1, 0.15) is 29.1 Å². The molecule has 0 amide bonds. The average Bonchev–Trinajstić information content (AvgIpc) is 2.77. The molecule has 0 aliphatic heterocycles. The van der Waals surface area contributed by atoms with Crippen molar-refractivity contribution in [2.75, 3.05) is 6.54 Å². The number of aliphatic hydroxyl groups excluding tert-OH is 1. The monoisotopic (exact) mass is 249 g/mol. The second kappa shape index (κ2) is 5.33. The summed E-state index contributed by atoms with van der Waals surface area (Å²) < 4.78 is 18.6. The number of rotatable bonds is 4. The van der Waals surface area contributed by atoms with Gasteiger partial charge < -0.3 is 15.3 Å². The van der Waals surface area contributed by atoms with Crippen LogP contribution < -0.4 is 5.73 Å². The van der Waals surface area contributed by atoms with Gasteiger partial charge in [0.15, 0.2) is 0 Å². The lowest BCUT2D eigenvalue weighted by molar-refractivity contribution is 0.120. The molecule has 0 bridgehead atoms. The molecule has 0 spiro atoms. The highest BCUT2D eigenvalue weighted by Crippen LogP contribution is 2.31. The molecule has 2 aromatic rings. The van der Waals surface area contributed by atoms with E-state index in [1.807, 2.05) is 0 Å². The molecule has 3 N–H and O–H groups in total. The van der Waals surface area contributed by atoms with Gasteiger partial charge in [-0.3, -0.25) is 0 Å². The highest BCUT2D eigenvalue weighted by molar-refractivity contribution is 5.24. The number of nitrogens with two attached hydrogens (primary N) is 1. The van der Waals surface area contributed by atoms with Crippen LogP contribution in [0.5, 0.6) is 0 Å². The first-order valence-electron chi connectivity index (χ1n) is 5.81. The lowest BCUT2D eigenvalue weighted by Crippen LogP contribution is -2.20. The lowest BCUT2D eigenvalue weighted by atomic mass is 9.92. The topological polar surface area (TPSA) is 59.4 Å². The maximum absolute atomic E-state index is 13.2. The van der Waals surface area contributed by atoms with Crippen molar-refractivity contribution in [2.45, 2.75) is 18.9 Å². The Morgan fingerprint density at radius 1 is 1.33 bits per heavy atom. The number of benzene rings is 1. The second-order valence-corrected chi connectivity index (χ2v) is 4.29. The smallest absolute Gasteiger partial charge is 0.133 e. The number of hydrogen-bond acceptors (Lipinski definition) is 3. The van der Waals surface area contributed by atoms with Gasteiger partial charge in [-0.1, -0.05) is 12.1 Å². The Kier molecular flexibility index (Phi) is 3.79. The third-order valence-electron chi connectivity index (χ3n) is 2.96. The zero-order valence-corrected chi connectivity index (χ0v) is 10.1. The normalized spacial score (nSPS) is 14.4. The predicted octanol–water partition coefficient (Wildman–Crippen LogP) is 2.50. The summed E-state index contributed by atoms with van der Waals surface area (Å²) in [6.45, 7) is 2.01. The van der Waals surface area contributed by atoms with Gasteiger partial charge in [0.1, 0.15) is 23.4 Å². The molecule has 0 saturated carbocycles. The average molecular weight is 249 g/mol. The Morgan fingerprint density at radius 3 is 2.67 bits per heavy atom. The van der Waals surface area contributed by atoms with Crippen molar-refractivity contribution >= 4 is 0 Å². The van der Waals surface area contributed by atoms with Crippen LogP contribution in [-0.4, -0.2) is 11.7 Å². The fourth-order valence-electron chi connectivity index (χ4n) is 2.00. The number of aryl methyl sites for hydroxylation is 1. The van der Waals surface area contributed by atoms with E-state index in [1.165, 1.54) is 12.1 Å². The van der Waals surface area contributed by atoms with E-state index in [4.69, 9.17) is 10.2 Å². The minimum atomic E-state index is -0.870. The van der Waals surface area contributed by atoms with Gasteiger partial charge >= 0.3 is 0 Å². The molecular weight excluding hydrogens is 233 g/mol. The highest BCUT2D eigenvalue weighted by atomic mass is 19.1. The summed E-state index contributed by atoms with van der Waals surface area (Å²) in [5, 5.41) is 10.2. The largest absolute Gasteiger partial charge is 0.464 e. The summed E-state index contributed by atoms with van der Waals surface area (Å²) in [5.74, 6) is 0.450. The fraction of sp³-hybridized carbons (Fsp3) is 0.286. The van der Waals surface area contributed by atoms with Gasteiger partial charge in [-0.05, 0) is 36.8 Å². The van der Waals surface area contributed by atoms with Crippen LogP contribution in [0, 0.1) is 12.7 Å². The quantitative estimate of drug-likeness (QED) is 0.875. The molecule has 3 nitrogen and oxygen atoms in total. The molecule has 0 saturated heterocycles. The summed E-state index contributed by atoms with van der Waals surface area (Å²) in [6.07, 6.45) is -0.870. The van der Waals surface area contributed by atoms with Crippen molar-refractivity contribution < 1.29 is 13.9 Å². The summed E-state index contributed by atoms with van der Waals surface area (Å²) in [4.78, 5) is 0. The van der Waals surface area contributed by atoms with Crippen molar-refractivity contribution in [3.8, 4) is 0 Å². The maximum atomic E-state index is 13.2. The Balaban J connectivity index is 2.28. The molecule has 1 aromatic heterocycles. The molecule has 18 heavy (non-hydrogen) atoms. The highest BCUT2D eigenvalue weighted by Gasteiger charge is 2.24. The number of furan rings is 1. The van der Waals surface area contributed by atoms with Crippen LogP contribution in [0.3, 0.4) is 0 Å². The molecule has 96 valence electrons. The Bertz CT molecular complexity index is 524. The van der Waals surface area contributed by atoms with E-state index >= 15 is 0 Å². The molecule has 2 unspecified atom stereocenters. The second-order valence-electron chi connectivity index (χ2n) is 4.29. The summed E-state index contributed by atoms with van der Waals surface area (Å²) in [7, 11) is 0. The summed E-state index contributed by atoms with van der Waals surface area (Å²) in [5.41, 5.74) is 6.34. The van der Waals surface area contributed by atoms with Crippen LogP contribution >= 0.6 is 0 Å². The summed E-state index contributed by atoms with van der Waals surface area (Å²) in [6, 6.07) is 9.59. The van der Waals surface area contributed by atoms with Crippen molar-refractivity contribution in [1.29, 1.82) is 0 Å². The molecule has 1 aromatic carbocycles. The first kappa shape index (κ1) is 12.8. The zero-order valence-electron chi connectivity index (χ0n) is 10.1. The van der Waals surface area contributed by atoms with E-state index in [0.29, 0.717) is 11.3 Å². The zero-order chi connectivity index (χ0) is 13.1. The summed E-state index contributed by atoms with van der Waals surface area (Å²) >= 11 is 0. The predicted molar refractivity (Wildman–Crippen MR) is 66.6 cm³/mol. The fourth-order valence-corrected chi connectivity index (χ4v) is 2.00. The third kappa shape index (κ3) is 2.60. The van der Waals surface area contributed by atoms with Gasteiger partial charge in [0.25, 0.3) is 0 Å². The van der Waals surface area contributed by atoms with Crippen molar-refractivity contribution in [1.82, 2.24) is 0 Å². The first-order chi connectivity index (χ1) is 8.61. The van der Waals surface area contributed by atoms with Gasteiger partial charge in [-0.15, -0.1) is 0 Å². The number of aliphatic hydroxyl groups is 1. The van der Waals surface area contributed by atoms with Crippen LogP contribution in [-0.2, 0) is 0 Å². The standard InChI is InChI=1S/C14H16FNO2/c1-9-5-6-13(18-9)14(17)12(8-16)10-3-2-4-11(15)7-10/h2-7,12,14,17H,8,16H2,1H3. The minimum absolute atomic E-state index is 0.213. The molecule has 2 atom stereocenters. The van der Waals surface area contributed by atoms with Gasteiger partial charge in [-0.2, -0.15) is 0 Å². The van der Waals surface area contributed by atoms with E-state index in [9.17, 15) is 9.50 Å². The molecule has 0 aliphatic carbocycles. The van der Waals surface area contributed by atoms with Gasteiger partial charge in [0.2, 0.25) is 0 Å². The van der Waals surface area contributed by atoms with Crippen LogP contribution in [0.15, 0.2) is 40.8 Å². The van der Waals surface area contributed by atoms with Crippen molar-refractivity contribution in [2.24, 2.45) is 5.73 Å². The maximum Gasteiger partial charge on any atom is 0.133 e. The lowest BCUT2D eigenvalue weighted by Gasteiger charge is -2.20. The molecular formula is C14H16FNO2.